The Bertz CT molecular complexity index is 288. The molecule has 1 fully saturated rings. The van der Waals surface area contributed by atoms with Crippen molar-refractivity contribution in [2.75, 3.05) is 0 Å². The number of ether oxygens (including phenoxy) is 2. The van der Waals surface area contributed by atoms with Crippen LogP contribution in [0.25, 0.3) is 0 Å². The zero-order chi connectivity index (χ0) is 13.4. The third-order valence-electron chi connectivity index (χ3n) is 2.80. The maximum atomic E-state index is 11.4. The van der Waals surface area contributed by atoms with E-state index < -0.39 is 36.2 Å². The first-order valence-corrected chi connectivity index (χ1v) is 5.59. The predicted octanol–water partition coefficient (Wildman–Crippen LogP) is -0.597. The Morgan fingerprint density at radius 1 is 1.29 bits per heavy atom. The maximum absolute atomic E-state index is 11.4. The first-order chi connectivity index (χ1) is 7.66. The highest BCUT2D eigenvalue weighted by Crippen LogP contribution is 2.30. The second-order valence-electron chi connectivity index (χ2n) is 5.10. The Kier molecular flexibility index (Phi) is 4.14. The third kappa shape index (κ3) is 2.95. The quantitative estimate of drug-likeness (QED) is 0.565. The van der Waals surface area contributed by atoms with Crippen LogP contribution in [0.4, 0.5) is 0 Å². The van der Waals surface area contributed by atoms with Crippen LogP contribution < -0.4 is 0 Å². The van der Waals surface area contributed by atoms with Gasteiger partial charge >= 0.3 is 5.97 Å². The van der Waals surface area contributed by atoms with E-state index in [-0.39, 0.29) is 5.92 Å². The van der Waals surface area contributed by atoms with Gasteiger partial charge in [0.15, 0.2) is 12.4 Å². The molecule has 0 aromatic rings. The van der Waals surface area contributed by atoms with Gasteiger partial charge in [0.25, 0.3) is 0 Å². The van der Waals surface area contributed by atoms with E-state index in [0.717, 1.165) is 0 Å². The molecule has 0 amide bonds. The molecule has 100 valence electrons. The Labute approximate surface area is 100 Å². The van der Waals surface area contributed by atoms with Gasteiger partial charge in [0.05, 0.1) is 11.5 Å². The topological polar surface area (TPSA) is 96.2 Å². The van der Waals surface area contributed by atoms with Gasteiger partial charge in [0.2, 0.25) is 0 Å². The lowest BCUT2D eigenvalue weighted by Gasteiger charge is -2.44. The fraction of sp³-hybridized carbons (Fsp3) is 0.909. The van der Waals surface area contributed by atoms with Gasteiger partial charge in [0.1, 0.15) is 12.2 Å². The van der Waals surface area contributed by atoms with E-state index in [9.17, 15) is 20.1 Å². The number of aliphatic hydroxyl groups excluding tert-OH is 3. The Morgan fingerprint density at radius 3 is 2.29 bits per heavy atom. The van der Waals surface area contributed by atoms with Crippen LogP contribution in [-0.4, -0.2) is 51.5 Å². The fourth-order valence-corrected chi connectivity index (χ4v) is 1.61. The predicted molar refractivity (Wildman–Crippen MR) is 57.9 cm³/mol. The minimum absolute atomic E-state index is 0.388. The molecule has 1 aliphatic heterocycles. The van der Waals surface area contributed by atoms with Crippen LogP contribution >= 0.6 is 0 Å². The first-order valence-electron chi connectivity index (χ1n) is 5.59. The van der Waals surface area contributed by atoms with Gasteiger partial charge < -0.3 is 24.8 Å². The highest BCUT2D eigenvalue weighted by atomic mass is 16.7. The summed E-state index contributed by atoms with van der Waals surface area (Å²) >= 11 is 0. The van der Waals surface area contributed by atoms with E-state index in [2.05, 4.69) is 0 Å². The summed E-state index contributed by atoms with van der Waals surface area (Å²) in [7, 11) is 0. The number of hydrogen-bond donors (Lipinski definition) is 3. The number of esters is 1. The van der Waals surface area contributed by atoms with Crippen LogP contribution in [0.5, 0.6) is 0 Å². The molecule has 0 unspecified atom stereocenters. The lowest BCUT2D eigenvalue weighted by molar-refractivity contribution is -0.313. The molecule has 1 aliphatic rings. The number of rotatable bonds is 2. The average molecular weight is 248 g/mol. The standard InChI is InChI=1S/C11H20O6/c1-5(2)9(14)16-7-6(12)8(13)11(3,4)17-10(7)15/h5-8,10,12-13,15H,1-4H3/t6-,7+,8+,10-/m1/s1. The number of hydrogen-bond acceptors (Lipinski definition) is 6. The summed E-state index contributed by atoms with van der Waals surface area (Å²) < 4.78 is 10.0. The Morgan fingerprint density at radius 2 is 1.82 bits per heavy atom. The minimum Gasteiger partial charge on any atom is -0.454 e. The van der Waals surface area contributed by atoms with Crippen LogP contribution in [0.1, 0.15) is 27.7 Å². The number of carbonyl (C=O) groups excluding carboxylic acids is 1. The summed E-state index contributed by atoms with van der Waals surface area (Å²) in [6.07, 6.45) is -5.34. The molecule has 1 saturated heterocycles. The lowest BCUT2D eigenvalue weighted by Crippen LogP contribution is -2.63. The maximum Gasteiger partial charge on any atom is 0.308 e. The molecule has 0 radical (unpaired) electrons. The second kappa shape index (κ2) is 4.89. The summed E-state index contributed by atoms with van der Waals surface area (Å²) in [5.41, 5.74) is -1.10. The SMILES string of the molecule is CC(C)C(=O)O[C@H]1[C@@H](O)[C@H](O)C(C)(C)O[C@H]1O. The number of carbonyl (C=O) groups is 1. The van der Waals surface area contributed by atoms with E-state index in [4.69, 9.17) is 9.47 Å². The molecular formula is C11H20O6. The summed E-state index contributed by atoms with van der Waals surface area (Å²) in [5, 5.41) is 29.2. The fourth-order valence-electron chi connectivity index (χ4n) is 1.61. The summed E-state index contributed by atoms with van der Waals surface area (Å²) in [6.45, 7) is 6.32. The van der Waals surface area contributed by atoms with Crippen molar-refractivity contribution in [2.45, 2.75) is 57.9 Å². The van der Waals surface area contributed by atoms with Crippen LogP contribution in [0.3, 0.4) is 0 Å². The zero-order valence-electron chi connectivity index (χ0n) is 10.5. The molecule has 0 spiro atoms. The smallest absolute Gasteiger partial charge is 0.308 e. The largest absolute Gasteiger partial charge is 0.454 e. The van der Waals surface area contributed by atoms with E-state index in [0.29, 0.717) is 0 Å². The van der Waals surface area contributed by atoms with Crippen molar-refractivity contribution in [3.05, 3.63) is 0 Å². The summed E-state index contributed by atoms with van der Waals surface area (Å²) in [6, 6.07) is 0. The number of aliphatic hydroxyl groups is 3. The van der Waals surface area contributed by atoms with Crippen molar-refractivity contribution >= 4 is 5.97 Å². The summed E-state index contributed by atoms with van der Waals surface area (Å²) in [5.74, 6) is -0.954. The van der Waals surface area contributed by atoms with Crippen molar-refractivity contribution in [1.29, 1.82) is 0 Å². The van der Waals surface area contributed by atoms with E-state index in [1.165, 1.54) is 13.8 Å². The molecular weight excluding hydrogens is 228 g/mol. The molecule has 0 bridgehead atoms. The molecule has 6 nitrogen and oxygen atoms in total. The van der Waals surface area contributed by atoms with Crippen molar-refractivity contribution in [3.8, 4) is 0 Å². The van der Waals surface area contributed by atoms with Gasteiger partial charge in [-0.3, -0.25) is 4.79 Å². The Balaban J connectivity index is 2.77. The van der Waals surface area contributed by atoms with Crippen molar-refractivity contribution < 1.29 is 29.6 Å². The first kappa shape index (κ1) is 14.4. The van der Waals surface area contributed by atoms with E-state index >= 15 is 0 Å². The lowest BCUT2D eigenvalue weighted by atomic mass is 9.90. The molecule has 6 heteroatoms. The van der Waals surface area contributed by atoms with Crippen molar-refractivity contribution in [3.63, 3.8) is 0 Å². The highest BCUT2D eigenvalue weighted by molar-refractivity contribution is 5.71. The molecule has 1 heterocycles. The molecule has 3 N–H and O–H groups in total. The van der Waals surface area contributed by atoms with Crippen molar-refractivity contribution in [1.82, 2.24) is 0 Å². The molecule has 0 aliphatic carbocycles. The molecule has 0 saturated carbocycles. The van der Waals surface area contributed by atoms with Gasteiger partial charge in [-0.05, 0) is 13.8 Å². The normalized spacial score (nSPS) is 36.9. The minimum atomic E-state index is -1.45. The monoisotopic (exact) mass is 248 g/mol. The summed E-state index contributed by atoms with van der Waals surface area (Å²) in [4.78, 5) is 11.4. The molecule has 17 heavy (non-hydrogen) atoms. The van der Waals surface area contributed by atoms with Crippen LogP contribution in [0, 0.1) is 5.92 Å². The van der Waals surface area contributed by atoms with E-state index in [1.807, 2.05) is 0 Å². The second-order valence-corrected chi connectivity index (χ2v) is 5.10. The van der Waals surface area contributed by atoms with Gasteiger partial charge in [-0.25, -0.2) is 0 Å². The van der Waals surface area contributed by atoms with Crippen molar-refractivity contribution in [2.24, 2.45) is 5.92 Å². The zero-order valence-corrected chi connectivity index (χ0v) is 10.5. The third-order valence-corrected chi connectivity index (χ3v) is 2.80. The average Bonchev–Trinajstić information content (AvgIpc) is 2.20. The van der Waals surface area contributed by atoms with E-state index in [1.54, 1.807) is 13.8 Å². The van der Waals surface area contributed by atoms with Gasteiger partial charge in [-0.1, -0.05) is 13.8 Å². The Hall–Kier alpha value is -0.690. The molecule has 4 atom stereocenters. The molecule has 0 aromatic carbocycles. The van der Waals surface area contributed by atoms with Crippen LogP contribution in [-0.2, 0) is 14.3 Å². The van der Waals surface area contributed by atoms with Crippen LogP contribution in [0.2, 0.25) is 0 Å². The van der Waals surface area contributed by atoms with Gasteiger partial charge in [-0.15, -0.1) is 0 Å². The van der Waals surface area contributed by atoms with Gasteiger partial charge in [-0.2, -0.15) is 0 Å². The molecule has 1 rings (SSSR count). The van der Waals surface area contributed by atoms with Crippen LogP contribution in [0.15, 0.2) is 0 Å². The highest BCUT2D eigenvalue weighted by Gasteiger charge is 2.50. The van der Waals surface area contributed by atoms with Gasteiger partial charge in [0, 0.05) is 0 Å². The molecule has 0 aromatic heterocycles.